The Morgan fingerprint density at radius 1 is 0.880 bits per heavy atom. The van der Waals surface area contributed by atoms with Crippen molar-refractivity contribution in [3.05, 3.63) is 99.6 Å². The Balaban J connectivity index is 1.87. The molecule has 5 heteroatoms. The highest BCUT2D eigenvalue weighted by Crippen LogP contribution is 2.24. The van der Waals surface area contributed by atoms with Crippen molar-refractivity contribution >= 4 is 29.1 Å². The lowest BCUT2D eigenvalue weighted by molar-refractivity contribution is -0.117. The molecular weight excluding hydrogens is 355 g/mol. The molecule has 0 saturated carbocycles. The molecule has 0 aliphatic carbocycles. The summed E-state index contributed by atoms with van der Waals surface area (Å²) in [4.78, 5) is 16.6. The fourth-order valence-electron chi connectivity index (χ4n) is 2.50. The van der Waals surface area contributed by atoms with Crippen molar-refractivity contribution < 1.29 is 4.79 Å². The van der Waals surface area contributed by atoms with Crippen LogP contribution in [0.4, 0.5) is 0 Å². The topological polar surface area (TPSA) is 34.4 Å². The van der Waals surface area contributed by atoms with E-state index in [-0.39, 0.29) is 12.3 Å². The molecule has 0 N–H and O–H groups in total. The number of hydrogen-bond acceptors (Lipinski definition) is 1. The molecule has 126 valence electrons. The second-order valence-corrected chi connectivity index (χ2v) is 6.37. The van der Waals surface area contributed by atoms with Crippen molar-refractivity contribution in [1.29, 1.82) is 0 Å². The molecule has 2 aromatic carbocycles. The normalized spacial score (nSPS) is 11.5. The van der Waals surface area contributed by atoms with Crippen LogP contribution in [0.1, 0.15) is 11.1 Å². The van der Waals surface area contributed by atoms with Crippen molar-refractivity contribution in [3.63, 3.8) is 0 Å². The van der Waals surface area contributed by atoms with Crippen molar-refractivity contribution in [1.82, 2.24) is 4.57 Å². The molecule has 0 radical (unpaired) electrons. The number of halogens is 2. The smallest absolute Gasteiger partial charge is 0.252 e. The average Bonchev–Trinajstić information content (AvgIpc) is 2.61. The van der Waals surface area contributed by atoms with E-state index in [2.05, 4.69) is 4.99 Å². The Morgan fingerprint density at radius 3 is 2.28 bits per heavy atom. The third-order valence-electron chi connectivity index (χ3n) is 3.74. The van der Waals surface area contributed by atoms with E-state index in [0.29, 0.717) is 27.6 Å². The van der Waals surface area contributed by atoms with Gasteiger partial charge in [0.15, 0.2) is 0 Å². The number of pyridine rings is 1. The van der Waals surface area contributed by atoms with E-state index in [1.54, 1.807) is 18.2 Å². The van der Waals surface area contributed by atoms with Gasteiger partial charge in [0.25, 0.3) is 5.91 Å². The zero-order valence-corrected chi connectivity index (χ0v) is 14.9. The van der Waals surface area contributed by atoms with Gasteiger partial charge in [-0.15, -0.1) is 0 Å². The first-order valence-electron chi connectivity index (χ1n) is 7.83. The van der Waals surface area contributed by atoms with E-state index >= 15 is 0 Å². The van der Waals surface area contributed by atoms with E-state index in [4.69, 9.17) is 23.2 Å². The zero-order valence-electron chi connectivity index (χ0n) is 13.4. The van der Waals surface area contributed by atoms with Gasteiger partial charge in [0.1, 0.15) is 5.49 Å². The standard InChI is InChI=1S/C20H16Cl2N2O/c21-17-9-6-10-18(22)16(17)13-20(25)23-19-11-4-5-12-24(19)14-15-7-2-1-3-8-15/h1-12H,13-14H2. The van der Waals surface area contributed by atoms with E-state index in [1.165, 1.54) is 0 Å². The highest BCUT2D eigenvalue weighted by Gasteiger charge is 2.10. The van der Waals surface area contributed by atoms with Crippen LogP contribution in [0.15, 0.2) is 77.9 Å². The lowest BCUT2D eigenvalue weighted by atomic mass is 10.1. The Morgan fingerprint density at radius 2 is 1.56 bits per heavy atom. The maximum atomic E-state index is 12.4. The lowest BCUT2D eigenvalue weighted by Gasteiger charge is -2.08. The molecule has 3 rings (SSSR count). The summed E-state index contributed by atoms with van der Waals surface area (Å²) >= 11 is 12.3. The monoisotopic (exact) mass is 370 g/mol. The quantitative estimate of drug-likeness (QED) is 0.664. The van der Waals surface area contributed by atoms with E-state index < -0.39 is 0 Å². The first-order valence-corrected chi connectivity index (χ1v) is 8.59. The maximum absolute atomic E-state index is 12.4. The number of carbonyl (C=O) groups excluding carboxylic acids is 1. The number of amides is 1. The Kier molecular flexibility index (Phi) is 5.69. The molecule has 0 atom stereocenters. The first-order chi connectivity index (χ1) is 12.1. The molecular formula is C20H16Cl2N2O. The van der Waals surface area contributed by atoms with Crippen LogP contribution in [0.5, 0.6) is 0 Å². The van der Waals surface area contributed by atoms with Crippen molar-refractivity contribution in [2.24, 2.45) is 4.99 Å². The number of aromatic nitrogens is 1. The van der Waals surface area contributed by atoms with Gasteiger partial charge in [-0.3, -0.25) is 4.79 Å². The molecule has 1 aromatic heterocycles. The first kappa shape index (κ1) is 17.5. The fourth-order valence-corrected chi connectivity index (χ4v) is 3.03. The summed E-state index contributed by atoms with van der Waals surface area (Å²) < 4.78 is 1.93. The van der Waals surface area contributed by atoms with Crippen LogP contribution in [0.2, 0.25) is 10.0 Å². The van der Waals surface area contributed by atoms with Gasteiger partial charge in [-0.25, -0.2) is 0 Å². The van der Waals surface area contributed by atoms with Gasteiger partial charge in [-0.2, -0.15) is 4.99 Å². The highest BCUT2D eigenvalue weighted by atomic mass is 35.5. The van der Waals surface area contributed by atoms with Crippen LogP contribution in [0.3, 0.4) is 0 Å². The fraction of sp³-hybridized carbons (Fsp3) is 0.100. The molecule has 3 aromatic rings. The van der Waals surface area contributed by atoms with Crippen LogP contribution in [0.25, 0.3) is 0 Å². The SMILES string of the molecule is O=C(Cc1c(Cl)cccc1Cl)N=c1ccccn1Cc1ccccc1. The minimum atomic E-state index is -0.289. The third kappa shape index (κ3) is 4.59. The molecule has 0 spiro atoms. The van der Waals surface area contributed by atoms with Crippen molar-refractivity contribution in [3.8, 4) is 0 Å². The van der Waals surface area contributed by atoms with E-state index in [0.717, 1.165) is 5.56 Å². The van der Waals surface area contributed by atoms with Crippen molar-refractivity contribution in [2.45, 2.75) is 13.0 Å². The maximum Gasteiger partial charge on any atom is 0.252 e. The molecule has 0 aliphatic heterocycles. The van der Waals surface area contributed by atoms with Crippen molar-refractivity contribution in [2.75, 3.05) is 0 Å². The zero-order chi connectivity index (χ0) is 17.6. The number of carbonyl (C=O) groups is 1. The number of rotatable bonds is 4. The lowest BCUT2D eigenvalue weighted by Crippen LogP contribution is -2.22. The molecule has 0 saturated heterocycles. The summed E-state index contributed by atoms with van der Waals surface area (Å²) in [5, 5.41) is 0.947. The molecule has 0 bridgehead atoms. The van der Waals surface area contributed by atoms with Gasteiger partial charge in [-0.1, -0.05) is 65.7 Å². The minimum absolute atomic E-state index is 0.0682. The van der Waals surface area contributed by atoms with Gasteiger partial charge >= 0.3 is 0 Å². The summed E-state index contributed by atoms with van der Waals surface area (Å²) in [5.74, 6) is -0.289. The Bertz CT molecular complexity index is 929. The molecule has 0 fully saturated rings. The minimum Gasteiger partial charge on any atom is -0.328 e. The predicted octanol–water partition coefficient (Wildman–Crippen LogP) is 4.51. The largest absolute Gasteiger partial charge is 0.328 e. The van der Waals surface area contributed by atoms with Gasteiger partial charge in [0, 0.05) is 22.8 Å². The molecule has 0 unspecified atom stereocenters. The highest BCUT2D eigenvalue weighted by molar-refractivity contribution is 6.36. The van der Waals surface area contributed by atoms with Crippen LogP contribution in [-0.4, -0.2) is 10.5 Å². The van der Waals surface area contributed by atoms with Crippen LogP contribution < -0.4 is 5.49 Å². The van der Waals surface area contributed by atoms with E-state index in [1.807, 2.05) is 59.3 Å². The van der Waals surface area contributed by atoms with Crippen LogP contribution >= 0.6 is 23.2 Å². The second-order valence-electron chi connectivity index (χ2n) is 5.55. The molecule has 0 aliphatic rings. The molecule has 3 nitrogen and oxygen atoms in total. The third-order valence-corrected chi connectivity index (χ3v) is 4.45. The number of benzene rings is 2. The van der Waals surface area contributed by atoms with Gasteiger partial charge in [0.05, 0.1) is 6.42 Å². The number of hydrogen-bond donors (Lipinski definition) is 0. The predicted molar refractivity (Wildman–Crippen MR) is 101 cm³/mol. The number of nitrogens with zero attached hydrogens (tertiary/aromatic N) is 2. The summed E-state index contributed by atoms with van der Waals surface area (Å²) in [5.41, 5.74) is 2.33. The summed E-state index contributed by atoms with van der Waals surface area (Å²) in [6.07, 6.45) is 1.97. The molecule has 1 amide bonds. The summed E-state index contributed by atoms with van der Waals surface area (Å²) in [6.45, 7) is 0.640. The molecule has 25 heavy (non-hydrogen) atoms. The van der Waals surface area contributed by atoms with Crippen LogP contribution in [-0.2, 0) is 17.8 Å². The van der Waals surface area contributed by atoms with E-state index in [9.17, 15) is 4.79 Å². The van der Waals surface area contributed by atoms with Gasteiger partial charge in [-0.05, 0) is 35.4 Å². The Hall–Kier alpha value is -2.36. The van der Waals surface area contributed by atoms with Gasteiger partial charge < -0.3 is 4.57 Å². The average molecular weight is 371 g/mol. The molecule has 1 heterocycles. The summed E-state index contributed by atoms with van der Waals surface area (Å²) in [7, 11) is 0. The second kappa shape index (κ2) is 8.15. The Labute approximate surface area is 156 Å². The van der Waals surface area contributed by atoms with Crippen LogP contribution in [0, 0.1) is 0 Å². The van der Waals surface area contributed by atoms with Gasteiger partial charge in [0.2, 0.25) is 0 Å². The summed E-state index contributed by atoms with van der Waals surface area (Å²) in [6, 6.07) is 20.8.